The molecule has 0 saturated heterocycles. The van der Waals surface area contributed by atoms with Gasteiger partial charge in [0.25, 0.3) is 0 Å². The van der Waals surface area contributed by atoms with Gasteiger partial charge in [-0.25, -0.2) is 4.39 Å². The van der Waals surface area contributed by atoms with Crippen molar-refractivity contribution < 1.29 is 4.39 Å². The number of hydrogen-bond acceptors (Lipinski definition) is 2. The molecule has 76 valence electrons. The van der Waals surface area contributed by atoms with E-state index in [1.54, 1.807) is 12.1 Å². The van der Waals surface area contributed by atoms with Crippen LogP contribution in [0, 0.1) is 17.1 Å². The van der Waals surface area contributed by atoms with Gasteiger partial charge in [0.2, 0.25) is 0 Å². The molecule has 0 aromatic heterocycles. The Labute approximate surface area is 88.2 Å². The first-order valence-corrected chi connectivity index (χ1v) is 4.91. The zero-order valence-electron chi connectivity index (χ0n) is 8.28. The van der Waals surface area contributed by atoms with Crippen LogP contribution < -0.4 is 4.90 Å². The van der Waals surface area contributed by atoms with Crippen molar-refractivity contribution in [1.29, 1.82) is 5.26 Å². The predicted octanol–water partition coefficient (Wildman–Crippen LogP) is 2.46. The summed E-state index contributed by atoms with van der Waals surface area (Å²) in [5.41, 5.74) is 0.946. The van der Waals surface area contributed by atoms with Crippen LogP contribution in [0.4, 0.5) is 10.1 Å². The second kappa shape index (κ2) is 4.14. The van der Waals surface area contributed by atoms with Crippen LogP contribution in [0.5, 0.6) is 0 Å². The van der Waals surface area contributed by atoms with Crippen LogP contribution in [-0.4, -0.2) is 13.1 Å². The fourth-order valence-electron chi connectivity index (χ4n) is 1.69. The standard InChI is InChI=1S/C12H11FN2/c13-11-8-10(9-14)4-5-12(11)15-6-2-1-3-7-15/h1-2,4-5,8H,3,6-7H2. The summed E-state index contributed by atoms with van der Waals surface area (Å²) in [5.74, 6) is -0.315. The van der Waals surface area contributed by atoms with Crippen molar-refractivity contribution in [1.82, 2.24) is 0 Å². The van der Waals surface area contributed by atoms with Crippen LogP contribution >= 0.6 is 0 Å². The number of hydrogen-bond donors (Lipinski definition) is 0. The lowest BCUT2D eigenvalue weighted by Crippen LogP contribution is -2.27. The Balaban J connectivity index is 2.29. The average molecular weight is 202 g/mol. The molecule has 0 unspecified atom stereocenters. The summed E-state index contributed by atoms with van der Waals surface area (Å²) in [7, 11) is 0. The van der Waals surface area contributed by atoms with Gasteiger partial charge in [0.15, 0.2) is 0 Å². The molecule has 0 N–H and O–H groups in total. The van der Waals surface area contributed by atoms with Gasteiger partial charge in [0.1, 0.15) is 5.82 Å². The summed E-state index contributed by atoms with van der Waals surface area (Å²) in [4.78, 5) is 1.97. The van der Waals surface area contributed by atoms with Crippen LogP contribution in [0.15, 0.2) is 30.4 Å². The number of nitriles is 1. The molecular formula is C12H11FN2. The minimum atomic E-state index is -0.315. The second-order valence-electron chi connectivity index (χ2n) is 3.48. The van der Waals surface area contributed by atoms with Gasteiger partial charge in [0, 0.05) is 13.1 Å². The lowest BCUT2D eigenvalue weighted by atomic mass is 10.1. The van der Waals surface area contributed by atoms with Crippen molar-refractivity contribution in [3.05, 3.63) is 41.7 Å². The molecule has 2 rings (SSSR count). The van der Waals surface area contributed by atoms with Crippen LogP contribution in [0.3, 0.4) is 0 Å². The highest BCUT2D eigenvalue weighted by molar-refractivity contribution is 5.52. The summed E-state index contributed by atoms with van der Waals surface area (Å²) in [6, 6.07) is 6.53. The van der Waals surface area contributed by atoms with Crippen molar-refractivity contribution >= 4 is 5.69 Å². The number of halogens is 1. The predicted molar refractivity (Wildman–Crippen MR) is 57.1 cm³/mol. The van der Waals surface area contributed by atoms with Crippen molar-refractivity contribution in [3.8, 4) is 6.07 Å². The third-order valence-electron chi connectivity index (χ3n) is 2.48. The molecule has 0 saturated carbocycles. The molecule has 1 heterocycles. The molecule has 0 spiro atoms. The van der Waals surface area contributed by atoms with E-state index in [0.717, 1.165) is 19.5 Å². The molecule has 1 aliphatic heterocycles. The Kier molecular flexibility index (Phi) is 2.68. The Morgan fingerprint density at radius 2 is 2.20 bits per heavy atom. The van der Waals surface area contributed by atoms with E-state index in [4.69, 9.17) is 5.26 Å². The zero-order valence-corrected chi connectivity index (χ0v) is 8.28. The molecule has 1 aromatic rings. The van der Waals surface area contributed by atoms with E-state index in [-0.39, 0.29) is 5.82 Å². The molecule has 0 amide bonds. The highest BCUT2D eigenvalue weighted by Crippen LogP contribution is 2.21. The first-order valence-electron chi connectivity index (χ1n) is 4.91. The Hall–Kier alpha value is -1.82. The van der Waals surface area contributed by atoms with Crippen LogP contribution in [-0.2, 0) is 0 Å². The molecule has 0 aliphatic carbocycles. The lowest BCUT2D eigenvalue weighted by molar-refractivity contribution is 0.618. The van der Waals surface area contributed by atoms with E-state index >= 15 is 0 Å². The Bertz CT molecular complexity index is 432. The molecule has 0 fully saturated rings. The molecule has 0 atom stereocenters. The maximum Gasteiger partial charge on any atom is 0.147 e. The summed E-state index contributed by atoms with van der Waals surface area (Å²) < 4.78 is 13.6. The fourth-order valence-corrected chi connectivity index (χ4v) is 1.69. The zero-order chi connectivity index (χ0) is 10.7. The van der Waals surface area contributed by atoms with Crippen LogP contribution in [0.1, 0.15) is 12.0 Å². The van der Waals surface area contributed by atoms with Gasteiger partial charge in [-0.15, -0.1) is 0 Å². The normalized spacial score (nSPS) is 15.1. The summed E-state index contributed by atoms with van der Waals surface area (Å²) in [6.07, 6.45) is 5.07. The van der Waals surface area contributed by atoms with E-state index in [9.17, 15) is 4.39 Å². The molecule has 0 bridgehead atoms. The molecular weight excluding hydrogens is 191 g/mol. The average Bonchev–Trinajstić information content (AvgIpc) is 2.30. The van der Waals surface area contributed by atoms with E-state index in [1.807, 2.05) is 17.0 Å². The van der Waals surface area contributed by atoms with E-state index in [2.05, 4.69) is 6.08 Å². The van der Waals surface area contributed by atoms with Crippen molar-refractivity contribution in [2.24, 2.45) is 0 Å². The largest absolute Gasteiger partial charge is 0.365 e. The topological polar surface area (TPSA) is 27.0 Å². The minimum Gasteiger partial charge on any atom is -0.365 e. The summed E-state index contributed by atoms with van der Waals surface area (Å²) in [6.45, 7) is 1.57. The van der Waals surface area contributed by atoms with Crippen molar-refractivity contribution in [2.45, 2.75) is 6.42 Å². The van der Waals surface area contributed by atoms with E-state index in [0.29, 0.717) is 11.3 Å². The quantitative estimate of drug-likeness (QED) is 0.654. The van der Waals surface area contributed by atoms with Gasteiger partial charge >= 0.3 is 0 Å². The molecule has 1 aliphatic rings. The number of benzene rings is 1. The van der Waals surface area contributed by atoms with E-state index < -0.39 is 0 Å². The first kappa shape index (κ1) is 9.72. The number of rotatable bonds is 1. The van der Waals surface area contributed by atoms with E-state index in [1.165, 1.54) is 6.07 Å². The number of anilines is 1. The van der Waals surface area contributed by atoms with Gasteiger partial charge in [-0.05, 0) is 24.6 Å². The monoisotopic (exact) mass is 202 g/mol. The number of nitrogens with zero attached hydrogens (tertiary/aromatic N) is 2. The molecule has 15 heavy (non-hydrogen) atoms. The third kappa shape index (κ3) is 1.99. The molecule has 0 radical (unpaired) electrons. The minimum absolute atomic E-state index is 0.315. The SMILES string of the molecule is N#Cc1ccc(N2CC=CCC2)c(F)c1. The van der Waals surface area contributed by atoms with Gasteiger partial charge in [-0.1, -0.05) is 12.2 Å². The summed E-state index contributed by atoms with van der Waals surface area (Å²) >= 11 is 0. The van der Waals surface area contributed by atoms with Crippen molar-refractivity contribution in [2.75, 3.05) is 18.0 Å². The van der Waals surface area contributed by atoms with Crippen LogP contribution in [0.2, 0.25) is 0 Å². The fraction of sp³-hybridized carbons (Fsp3) is 0.250. The maximum absolute atomic E-state index is 13.6. The molecule has 1 aromatic carbocycles. The summed E-state index contributed by atoms with van der Waals surface area (Å²) in [5, 5.41) is 8.62. The second-order valence-corrected chi connectivity index (χ2v) is 3.48. The first-order chi connectivity index (χ1) is 7.31. The van der Waals surface area contributed by atoms with Gasteiger partial charge in [-0.3, -0.25) is 0 Å². The van der Waals surface area contributed by atoms with Gasteiger partial charge < -0.3 is 4.90 Å². The van der Waals surface area contributed by atoms with Crippen molar-refractivity contribution in [3.63, 3.8) is 0 Å². The molecule has 2 nitrogen and oxygen atoms in total. The van der Waals surface area contributed by atoms with Gasteiger partial charge in [-0.2, -0.15) is 5.26 Å². The highest BCUT2D eigenvalue weighted by atomic mass is 19.1. The molecule has 3 heteroatoms. The lowest BCUT2D eigenvalue weighted by Gasteiger charge is -2.25. The van der Waals surface area contributed by atoms with Crippen LogP contribution in [0.25, 0.3) is 0 Å². The smallest absolute Gasteiger partial charge is 0.147 e. The Morgan fingerprint density at radius 3 is 2.80 bits per heavy atom. The highest BCUT2D eigenvalue weighted by Gasteiger charge is 2.12. The third-order valence-corrected chi connectivity index (χ3v) is 2.48. The van der Waals surface area contributed by atoms with Gasteiger partial charge in [0.05, 0.1) is 17.3 Å². The Morgan fingerprint density at radius 1 is 1.33 bits per heavy atom. The maximum atomic E-state index is 13.6.